The maximum absolute atomic E-state index is 13.8. The minimum atomic E-state index is -4.64. The highest BCUT2D eigenvalue weighted by Gasteiger charge is 2.57. The van der Waals surface area contributed by atoms with Crippen LogP contribution in [0, 0.1) is 0 Å². The highest BCUT2D eigenvalue weighted by molar-refractivity contribution is 7.84. The molecule has 0 aliphatic carbocycles. The van der Waals surface area contributed by atoms with Crippen LogP contribution < -0.4 is 4.72 Å². The van der Waals surface area contributed by atoms with Crippen LogP contribution in [0.3, 0.4) is 0 Å². The molecule has 0 amide bonds. The quantitative estimate of drug-likeness (QED) is 0.824. The van der Waals surface area contributed by atoms with Crippen molar-refractivity contribution in [2.45, 2.75) is 56.5 Å². The van der Waals surface area contributed by atoms with Gasteiger partial charge >= 0.3 is 6.18 Å². The number of hydrogen-bond donors (Lipinski definition) is 2. The van der Waals surface area contributed by atoms with Gasteiger partial charge < -0.3 is 5.11 Å². The second-order valence-corrected chi connectivity index (χ2v) is 8.63. The summed E-state index contributed by atoms with van der Waals surface area (Å²) in [7, 11) is -1.90. The first-order valence-electron chi connectivity index (χ1n) is 7.35. The average Bonchev–Trinajstić information content (AvgIpc) is 2.43. The lowest BCUT2D eigenvalue weighted by molar-refractivity contribution is -0.193. The van der Waals surface area contributed by atoms with Crippen molar-refractivity contribution in [3.63, 3.8) is 0 Å². The van der Waals surface area contributed by atoms with Crippen LogP contribution in [-0.4, -0.2) is 32.4 Å². The Balaban J connectivity index is 3.34. The molecule has 0 aliphatic heterocycles. The molecular formula is C16H24F3NO2S. The van der Waals surface area contributed by atoms with Crippen LogP contribution in [0.25, 0.3) is 0 Å². The largest absolute Gasteiger partial charge is 0.407 e. The minimum Gasteiger partial charge on any atom is -0.396 e. The molecule has 0 unspecified atom stereocenters. The van der Waals surface area contributed by atoms with Crippen molar-refractivity contribution in [1.29, 1.82) is 0 Å². The van der Waals surface area contributed by atoms with Gasteiger partial charge in [-0.1, -0.05) is 30.3 Å². The summed E-state index contributed by atoms with van der Waals surface area (Å²) in [6.07, 6.45) is -4.72. The Bertz CT molecular complexity index is 528. The van der Waals surface area contributed by atoms with Gasteiger partial charge in [0.2, 0.25) is 0 Å². The van der Waals surface area contributed by atoms with E-state index >= 15 is 0 Å². The van der Waals surface area contributed by atoms with E-state index in [1.165, 1.54) is 0 Å². The Labute approximate surface area is 137 Å². The van der Waals surface area contributed by atoms with Gasteiger partial charge in [0.25, 0.3) is 0 Å². The fourth-order valence-corrected chi connectivity index (χ4v) is 3.22. The molecule has 1 rings (SSSR count). The van der Waals surface area contributed by atoms with E-state index in [1.54, 1.807) is 51.1 Å². The number of alkyl halides is 3. The summed E-state index contributed by atoms with van der Waals surface area (Å²) in [5.74, 6) is -1.06. The van der Waals surface area contributed by atoms with Gasteiger partial charge in [0.1, 0.15) is 5.54 Å². The maximum Gasteiger partial charge on any atom is 0.407 e. The van der Waals surface area contributed by atoms with Crippen LogP contribution >= 0.6 is 0 Å². The highest BCUT2D eigenvalue weighted by Crippen LogP contribution is 2.43. The van der Waals surface area contributed by atoms with E-state index in [4.69, 9.17) is 0 Å². The van der Waals surface area contributed by atoms with E-state index in [2.05, 4.69) is 4.72 Å². The molecule has 1 aromatic carbocycles. The Hall–Kier alpha value is -0.920. The Kier molecular flexibility index (Phi) is 6.40. The third kappa shape index (κ3) is 4.78. The normalized spacial score (nSPS) is 18.3. The van der Waals surface area contributed by atoms with E-state index in [-0.39, 0.29) is 6.42 Å². The summed E-state index contributed by atoms with van der Waals surface area (Å²) >= 11 is 0. The lowest BCUT2D eigenvalue weighted by Crippen LogP contribution is -2.61. The summed E-state index contributed by atoms with van der Waals surface area (Å²) in [6, 6.07) is 8.19. The van der Waals surface area contributed by atoms with Crippen molar-refractivity contribution in [2.75, 3.05) is 6.61 Å². The van der Waals surface area contributed by atoms with Crippen molar-refractivity contribution >= 4 is 11.0 Å². The predicted molar refractivity (Wildman–Crippen MR) is 86.4 cm³/mol. The Morgan fingerprint density at radius 2 is 1.65 bits per heavy atom. The molecule has 7 heteroatoms. The first-order valence-corrected chi connectivity index (χ1v) is 8.50. The maximum atomic E-state index is 13.8. The van der Waals surface area contributed by atoms with Crippen LogP contribution in [0.4, 0.5) is 13.2 Å². The monoisotopic (exact) mass is 351 g/mol. The zero-order chi connectivity index (χ0) is 17.9. The summed E-state index contributed by atoms with van der Waals surface area (Å²) in [6.45, 7) is 5.43. The molecule has 0 aliphatic rings. The zero-order valence-electron chi connectivity index (χ0n) is 13.8. The van der Waals surface area contributed by atoms with Gasteiger partial charge in [0.15, 0.2) is 0 Å². The molecule has 1 aromatic rings. The molecule has 2 N–H and O–H groups in total. The van der Waals surface area contributed by atoms with Crippen LogP contribution in [0.5, 0.6) is 0 Å². The number of nitrogens with one attached hydrogen (secondary N) is 1. The van der Waals surface area contributed by atoms with E-state index in [1.807, 2.05) is 0 Å². The van der Waals surface area contributed by atoms with Gasteiger partial charge in [-0.3, -0.25) is 0 Å². The molecule has 23 heavy (non-hydrogen) atoms. The van der Waals surface area contributed by atoms with E-state index in [0.29, 0.717) is 5.56 Å². The van der Waals surface area contributed by atoms with Gasteiger partial charge in [0.05, 0.1) is 15.7 Å². The molecule has 3 nitrogen and oxygen atoms in total. The summed E-state index contributed by atoms with van der Waals surface area (Å²) in [5, 5.41) is 9.25. The topological polar surface area (TPSA) is 49.3 Å². The SMILES string of the molecule is CC(C)(C)[S@](=O)N[C@](C)([C@H](CCO)c1ccccc1)C(F)(F)F. The van der Waals surface area contributed by atoms with Gasteiger partial charge in [-0.05, 0) is 39.7 Å². The number of aliphatic hydroxyl groups is 1. The standard InChI is InChI=1S/C16H24F3NO2S/c1-14(2,3)23(22)20-15(4,16(17,18)19)13(10-11-21)12-8-6-5-7-9-12/h5-9,13,20-21H,10-11H2,1-4H3/t13-,15-,23+/m1/s1. The molecule has 0 bridgehead atoms. The van der Waals surface area contributed by atoms with Crippen LogP contribution in [0.2, 0.25) is 0 Å². The third-order valence-electron chi connectivity index (χ3n) is 3.77. The molecule has 0 saturated carbocycles. The second-order valence-electron chi connectivity index (χ2n) is 6.66. The number of hydrogen-bond acceptors (Lipinski definition) is 2. The Morgan fingerprint density at radius 1 is 1.13 bits per heavy atom. The zero-order valence-corrected chi connectivity index (χ0v) is 14.6. The van der Waals surface area contributed by atoms with E-state index in [9.17, 15) is 22.5 Å². The van der Waals surface area contributed by atoms with E-state index < -0.39 is 40.0 Å². The van der Waals surface area contributed by atoms with Gasteiger partial charge in [-0.2, -0.15) is 13.2 Å². The summed E-state index contributed by atoms with van der Waals surface area (Å²) < 4.78 is 55.3. The first kappa shape index (κ1) is 20.1. The molecule has 0 aromatic heterocycles. The average molecular weight is 351 g/mol. The van der Waals surface area contributed by atoms with Gasteiger partial charge in [-0.15, -0.1) is 0 Å². The van der Waals surface area contributed by atoms with Crippen molar-refractivity contribution < 1.29 is 22.5 Å². The fraction of sp³-hybridized carbons (Fsp3) is 0.625. The molecule has 0 fully saturated rings. The van der Waals surface area contributed by atoms with Crippen molar-refractivity contribution in [2.24, 2.45) is 0 Å². The lowest BCUT2D eigenvalue weighted by Gasteiger charge is -2.41. The summed E-state index contributed by atoms with van der Waals surface area (Å²) in [4.78, 5) is 0. The fourth-order valence-electron chi connectivity index (χ4n) is 2.28. The number of halogens is 3. The molecular weight excluding hydrogens is 327 g/mol. The van der Waals surface area contributed by atoms with Crippen molar-refractivity contribution in [3.8, 4) is 0 Å². The van der Waals surface area contributed by atoms with Crippen LogP contribution in [-0.2, 0) is 11.0 Å². The highest BCUT2D eigenvalue weighted by atomic mass is 32.2. The van der Waals surface area contributed by atoms with Crippen molar-refractivity contribution in [3.05, 3.63) is 35.9 Å². The smallest absolute Gasteiger partial charge is 0.396 e. The number of benzene rings is 1. The summed E-state index contributed by atoms with van der Waals surface area (Å²) in [5.41, 5.74) is -1.98. The lowest BCUT2D eigenvalue weighted by atomic mass is 9.78. The predicted octanol–water partition coefficient (Wildman–Crippen LogP) is 3.53. The molecule has 0 spiro atoms. The minimum absolute atomic E-state index is 0.0889. The molecule has 0 heterocycles. The van der Waals surface area contributed by atoms with Gasteiger partial charge in [0, 0.05) is 12.5 Å². The molecule has 132 valence electrons. The Morgan fingerprint density at radius 3 is 2.04 bits per heavy atom. The number of rotatable bonds is 6. The van der Waals surface area contributed by atoms with Crippen LogP contribution in [0.1, 0.15) is 45.6 Å². The second kappa shape index (κ2) is 7.32. The number of aliphatic hydroxyl groups excluding tert-OH is 1. The molecule has 0 radical (unpaired) electrons. The third-order valence-corrected chi connectivity index (χ3v) is 5.49. The molecule has 0 saturated heterocycles. The van der Waals surface area contributed by atoms with Gasteiger partial charge in [-0.25, -0.2) is 8.93 Å². The van der Waals surface area contributed by atoms with E-state index in [0.717, 1.165) is 6.92 Å². The molecule has 3 atom stereocenters. The van der Waals surface area contributed by atoms with Crippen LogP contribution in [0.15, 0.2) is 30.3 Å². The first-order chi connectivity index (χ1) is 10.4. The van der Waals surface area contributed by atoms with Crippen molar-refractivity contribution in [1.82, 2.24) is 4.72 Å².